The van der Waals surface area contributed by atoms with Crippen LogP contribution in [0.2, 0.25) is 0 Å². The van der Waals surface area contributed by atoms with Crippen LogP contribution in [0.4, 0.5) is 0 Å². The molecule has 0 unspecified atom stereocenters. The molecule has 0 spiro atoms. The average molecular weight is 324 g/mol. The number of aliphatic hydroxyl groups excluding tert-OH is 1. The fraction of sp³-hybridized carbons (Fsp3) is 0.636. The molecule has 0 fully saturated rings. The first-order chi connectivity index (χ1) is 10.2. The van der Waals surface area contributed by atoms with E-state index in [0.29, 0.717) is 0 Å². The molecule has 0 aromatic rings. The minimum atomic E-state index is -1.23. The van der Waals surface area contributed by atoms with E-state index in [1.165, 1.54) is 0 Å². The van der Waals surface area contributed by atoms with Crippen molar-refractivity contribution in [1.82, 2.24) is 9.80 Å². The molecule has 0 bridgehead atoms. The molecule has 11 nitrogen and oxygen atoms in total. The summed E-state index contributed by atoms with van der Waals surface area (Å²) in [5.74, 6) is -4.91. The van der Waals surface area contributed by atoms with Gasteiger partial charge in [0.25, 0.3) is 0 Å². The van der Waals surface area contributed by atoms with Crippen LogP contribution in [0.25, 0.3) is 0 Å². The molecule has 0 aromatic heterocycles. The number of carboxylic acids is 4. The second-order valence-electron chi connectivity index (χ2n) is 4.00. The molecule has 5 N–H and O–H groups in total. The summed E-state index contributed by atoms with van der Waals surface area (Å²) in [5, 5.41) is 41.5. The van der Waals surface area contributed by atoms with Crippen LogP contribution in [-0.4, -0.2) is 106 Å². The molecular weight excluding hydrogens is 304 g/mol. The molecule has 0 heterocycles. The van der Waals surface area contributed by atoms with E-state index in [9.17, 15) is 19.2 Å². The number of aliphatic hydroxyl groups is 1. The SMILES string of the molecule is CO.O=C(O)CN(CCN(CC(=O)O)CC(=O)O)CC(=O)O. The summed E-state index contributed by atoms with van der Waals surface area (Å²) in [6.45, 7) is -2.25. The van der Waals surface area contributed by atoms with Crippen LogP contribution in [0.5, 0.6) is 0 Å². The monoisotopic (exact) mass is 324 g/mol. The molecule has 0 aliphatic carbocycles. The molecule has 22 heavy (non-hydrogen) atoms. The van der Waals surface area contributed by atoms with Gasteiger partial charge in [0.05, 0.1) is 26.2 Å². The number of carboxylic acid groups (broad SMARTS) is 4. The summed E-state index contributed by atoms with van der Waals surface area (Å²) in [6, 6.07) is 0. The Morgan fingerprint density at radius 1 is 0.591 bits per heavy atom. The lowest BCUT2D eigenvalue weighted by Crippen LogP contribution is -2.43. The van der Waals surface area contributed by atoms with Gasteiger partial charge < -0.3 is 25.5 Å². The maximum absolute atomic E-state index is 10.6. The summed E-state index contributed by atoms with van der Waals surface area (Å²) >= 11 is 0. The minimum Gasteiger partial charge on any atom is -0.480 e. The summed E-state index contributed by atoms with van der Waals surface area (Å²) in [4.78, 5) is 44.4. The summed E-state index contributed by atoms with van der Waals surface area (Å²) in [7, 11) is 1.00. The highest BCUT2D eigenvalue weighted by atomic mass is 16.4. The van der Waals surface area contributed by atoms with Crippen molar-refractivity contribution in [3.05, 3.63) is 0 Å². The van der Waals surface area contributed by atoms with Crippen molar-refractivity contribution in [2.24, 2.45) is 0 Å². The maximum Gasteiger partial charge on any atom is 0.317 e. The minimum absolute atomic E-state index is 0.0703. The van der Waals surface area contributed by atoms with Crippen molar-refractivity contribution in [3.63, 3.8) is 0 Å². The Morgan fingerprint density at radius 3 is 0.909 bits per heavy atom. The zero-order valence-corrected chi connectivity index (χ0v) is 12.0. The topological polar surface area (TPSA) is 176 Å². The van der Waals surface area contributed by atoms with Gasteiger partial charge in [-0.2, -0.15) is 0 Å². The molecule has 0 aromatic carbocycles. The van der Waals surface area contributed by atoms with Gasteiger partial charge in [-0.3, -0.25) is 29.0 Å². The summed E-state index contributed by atoms with van der Waals surface area (Å²) < 4.78 is 0. The number of hydrogen-bond acceptors (Lipinski definition) is 7. The highest BCUT2D eigenvalue weighted by molar-refractivity contribution is 5.73. The van der Waals surface area contributed by atoms with Crippen molar-refractivity contribution >= 4 is 23.9 Å². The first kappa shape index (κ1) is 22.0. The van der Waals surface area contributed by atoms with Crippen LogP contribution in [0.1, 0.15) is 0 Å². The fourth-order valence-corrected chi connectivity index (χ4v) is 1.48. The third-order valence-electron chi connectivity index (χ3n) is 2.17. The Balaban J connectivity index is 0. The first-order valence-electron chi connectivity index (χ1n) is 5.97. The van der Waals surface area contributed by atoms with Gasteiger partial charge in [0, 0.05) is 20.2 Å². The third-order valence-corrected chi connectivity index (χ3v) is 2.17. The van der Waals surface area contributed by atoms with Crippen molar-refractivity contribution < 1.29 is 44.7 Å². The molecule has 11 heteroatoms. The zero-order valence-electron chi connectivity index (χ0n) is 12.0. The Morgan fingerprint density at radius 2 is 0.773 bits per heavy atom. The maximum atomic E-state index is 10.6. The molecule has 0 saturated carbocycles. The van der Waals surface area contributed by atoms with E-state index in [1.807, 2.05) is 0 Å². The Bertz CT molecular complexity index is 318. The van der Waals surface area contributed by atoms with Gasteiger partial charge in [-0.1, -0.05) is 0 Å². The van der Waals surface area contributed by atoms with Gasteiger partial charge in [-0.15, -0.1) is 0 Å². The summed E-state index contributed by atoms with van der Waals surface area (Å²) in [5.41, 5.74) is 0. The molecule has 128 valence electrons. The highest BCUT2D eigenvalue weighted by Gasteiger charge is 2.17. The van der Waals surface area contributed by atoms with E-state index in [2.05, 4.69) is 0 Å². The number of nitrogens with zero attached hydrogens (tertiary/aromatic N) is 2. The van der Waals surface area contributed by atoms with Crippen molar-refractivity contribution in [2.45, 2.75) is 0 Å². The van der Waals surface area contributed by atoms with Crippen LogP contribution >= 0.6 is 0 Å². The predicted octanol–water partition coefficient (Wildman–Crippen LogP) is -2.46. The standard InChI is InChI=1S/C10H16N2O8.CH4O/c13-7(14)3-11(4-8(15)16)1-2-12(5-9(17)18)6-10(19)20;1-2/h1-6H2,(H,13,14)(H,15,16)(H,17,18)(H,19,20);2H,1H3. The van der Waals surface area contributed by atoms with Gasteiger partial charge in [0.1, 0.15) is 0 Å². The lowest BCUT2D eigenvalue weighted by molar-refractivity contribution is -0.145. The second kappa shape index (κ2) is 12.5. The Kier molecular flexibility index (Phi) is 12.5. The van der Waals surface area contributed by atoms with E-state index < -0.39 is 50.1 Å². The molecule has 0 aliphatic heterocycles. The Labute approximate surface area is 126 Å². The average Bonchev–Trinajstić information content (AvgIpc) is 2.35. The lowest BCUT2D eigenvalue weighted by Gasteiger charge is -2.23. The highest BCUT2D eigenvalue weighted by Crippen LogP contribution is 1.94. The van der Waals surface area contributed by atoms with E-state index in [-0.39, 0.29) is 13.1 Å². The number of rotatable bonds is 11. The van der Waals surface area contributed by atoms with Crippen molar-refractivity contribution in [2.75, 3.05) is 46.4 Å². The molecule has 0 amide bonds. The van der Waals surface area contributed by atoms with Gasteiger partial charge in [-0.25, -0.2) is 0 Å². The van der Waals surface area contributed by atoms with Crippen molar-refractivity contribution in [3.8, 4) is 0 Å². The molecular formula is C11H20N2O9. The molecule has 0 atom stereocenters. The fourth-order valence-electron chi connectivity index (χ4n) is 1.48. The second-order valence-corrected chi connectivity index (χ2v) is 4.00. The quantitative estimate of drug-likeness (QED) is 0.272. The predicted molar refractivity (Wildman–Crippen MR) is 71.6 cm³/mol. The normalized spacial score (nSPS) is 10.0. The van der Waals surface area contributed by atoms with E-state index in [4.69, 9.17) is 25.5 Å². The van der Waals surface area contributed by atoms with E-state index >= 15 is 0 Å². The zero-order chi connectivity index (χ0) is 17.7. The lowest BCUT2D eigenvalue weighted by atomic mass is 10.4. The van der Waals surface area contributed by atoms with Gasteiger partial charge in [0.2, 0.25) is 0 Å². The Hall–Kier alpha value is -2.24. The molecule has 0 saturated heterocycles. The van der Waals surface area contributed by atoms with E-state index in [0.717, 1.165) is 16.9 Å². The molecule has 0 rings (SSSR count). The van der Waals surface area contributed by atoms with Crippen LogP contribution < -0.4 is 0 Å². The smallest absolute Gasteiger partial charge is 0.317 e. The van der Waals surface area contributed by atoms with Gasteiger partial charge in [-0.05, 0) is 0 Å². The van der Waals surface area contributed by atoms with Crippen molar-refractivity contribution in [1.29, 1.82) is 0 Å². The summed E-state index contributed by atoms with van der Waals surface area (Å²) in [6.07, 6.45) is 0. The largest absolute Gasteiger partial charge is 0.480 e. The van der Waals surface area contributed by atoms with E-state index in [1.54, 1.807) is 0 Å². The van der Waals surface area contributed by atoms with Crippen LogP contribution in [0.15, 0.2) is 0 Å². The number of carbonyl (C=O) groups is 4. The van der Waals surface area contributed by atoms with Crippen LogP contribution in [-0.2, 0) is 19.2 Å². The number of hydrogen-bond donors (Lipinski definition) is 5. The number of aliphatic carboxylic acids is 4. The van der Waals surface area contributed by atoms with Crippen LogP contribution in [0.3, 0.4) is 0 Å². The first-order valence-corrected chi connectivity index (χ1v) is 5.97. The van der Waals surface area contributed by atoms with Gasteiger partial charge in [0.15, 0.2) is 0 Å². The third kappa shape index (κ3) is 14.2. The van der Waals surface area contributed by atoms with Gasteiger partial charge >= 0.3 is 23.9 Å². The molecule has 0 radical (unpaired) electrons. The van der Waals surface area contributed by atoms with Crippen LogP contribution in [0, 0.1) is 0 Å². The molecule has 0 aliphatic rings.